The summed E-state index contributed by atoms with van der Waals surface area (Å²) in [5.74, 6) is -0.123. The van der Waals surface area contributed by atoms with E-state index in [0.29, 0.717) is 18.4 Å². The van der Waals surface area contributed by atoms with E-state index in [1.807, 2.05) is 12.1 Å². The van der Waals surface area contributed by atoms with Crippen LogP contribution in [0.25, 0.3) is 0 Å². The van der Waals surface area contributed by atoms with Crippen LogP contribution in [0.4, 0.5) is 0 Å². The highest BCUT2D eigenvalue weighted by Gasteiger charge is 2.44. The lowest BCUT2D eigenvalue weighted by atomic mass is 10.0. The summed E-state index contributed by atoms with van der Waals surface area (Å²) in [7, 11) is 0. The van der Waals surface area contributed by atoms with Gasteiger partial charge in [-0.05, 0) is 30.9 Å². The van der Waals surface area contributed by atoms with Crippen molar-refractivity contribution >= 4 is 5.91 Å². The van der Waals surface area contributed by atoms with Gasteiger partial charge in [0.15, 0.2) is 0 Å². The lowest BCUT2D eigenvalue weighted by molar-refractivity contribution is -0.121. The number of aryl methyl sites for hydroxylation is 1. The molecule has 1 aromatic carbocycles. The Morgan fingerprint density at radius 3 is 2.67 bits per heavy atom. The molecule has 0 saturated heterocycles. The average molecular weight is 239 g/mol. The van der Waals surface area contributed by atoms with Crippen LogP contribution < -0.4 is 5.32 Å². The summed E-state index contributed by atoms with van der Waals surface area (Å²) in [5.41, 5.74) is 0.870. The fraction of sp³-hybridized carbons (Fsp3) is 0.357. The zero-order valence-electron chi connectivity index (χ0n) is 9.94. The Morgan fingerprint density at radius 2 is 2.06 bits per heavy atom. The summed E-state index contributed by atoms with van der Waals surface area (Å²) < 4.78 is 0. The molecule has 0 bridgehead atoms. The van der Waals surface area contributed by atoms with Crippen molar-refractivity contribution in [2.45, 2.75) is 31.2 Å². The molecule has 1 N–H and O–H groups in total. The van der Waals surface area contributed by atoms with E-state index >= 15 is 0 Å². The topological polar surface area (TPSA) is 76.7 Å². The Bertz CT molecular complexity index is 547. The number of nitrogens with zero attached hydrogens (tertiary/aromatic N) is 2. The van der Waals surface area contributed by atoms with Crippen molar-refractivity contribution in [3.8, 4) is 12.1 Å². The zero-order chi connectivity index (χ0) is 13.0. The first-order valence-electron chi connectivity index (χ1n) is 5.89. The largest absolute Gasteiger partial charge is 0.338 e. The van der Waals surface area contributed by atoms with E-state index < -0.39 is 5.54 Å². The number of benzene rings is 1. The third-order valence-corrected chi connectivity index (χ3v) is 3.10. The van der Waals surface area contributed by atoms with Crippen molar-refractivity contribution in [2.75, 3.05) is 0 Å². The SMILES string of the molecule is N#Cc1ccccc1CCC(=O)NC1(C#N)CC1. The number of nitriles is 2. The van der Waals surface area contributed by atoms with Crippen LogP contribution in [0.3, 0.4) is 0 Å². The molecule has 0 aromatic heterocycles. The number of carbonyl (C=O) groups is 1. The van der Waals surface area contributed by atoms with Crippen LogP contribution in [0.1, 0.15) is 30.4 Å². The second kappa shape index (κ2) is 4.89. The predicted octanol–water partition coefficient (Wildman–Crippen LogP) is 1.66. The fourth-order valence-corrected chi connectivity index (χ4v) is 1.81. The van der Waals surface area contributed by atoms with E-state index in [2.05, 4.69) is 17.5 Å². The van der Waals surface area contributed by atoms with E-state index in [1.54, 1.807) is 12.1 Å². The summed E-state index contributed by atoms with van der Waals surface area (Å²) in [5, 5.41) is 20.5. The molecule has 18 heavy (non-hydrogen) atoms. The quantitative estimate of drug-likeness (QED) is 0.868. The first-order chi connectivity index (χ1) is 8.69. The van der Waals surface area contributed by atoms with E-state index in [9.17, 15) is 4.79 Å². The van der Waals surface area contributed by atoms with Crippen molar-refractivity contribution in [3.63, 3.8) is 0 Å². The van der Waals surface area contributed by atoms with Crippen molar-refractivity contribution in [3.05, 3.63) is 35.4 Å². The minimum absolute atomic E-state index is 0.123. The van der Waals surface area contributed by atoms with Gasteiger partial charge in [-0.15, -0.1) is 0 Å². The summed E-state index contributed by atoms with van der Waals surface area (Å²) in [6, 6.07) is 11.5. The molecule has 2 rings (SSSR count). The van der Waals surface area contributed by atoms with Crippen molar-refractivity contribution in [1.82, 2.24) is 5.32 Å². The molecule has 0 atom stereocenters. The molecule has 0 spiro atoms. The summed E-state index contributed by atoms with van der Waals surface area (Å²) in [6.45, 7) is 0. The lowest BCUT2D eigenvalue weighted by Crippen LogP contribution is -2.35. The van der Waals surface area contributed by atoms with Gasteiger partial charge in [0.2, 0.25) is 5.91 Å². The molecule has 0 unspecified atom stereocenters. The van der Waals surface area contributed by atoms with Crippen LogP contribution in [0.5, 0.6) is 0 Å². The maximum absolute atomic E-state index is 11.7. The molecular formula is C14H13N3O. The Balaban J connectivity index is 1.90. The highest BCUT2D eigenvalue weighted by molar-refractivity contribution is 5.78. The number of hydrogen-bond acceptors (Lipinski definition) is 3. The van der Waals surface area contributed by atoms with Gasteiger partial charge >= 0.3 is 0 Å². The number of rotatable bonds is 4. The minimum atomic E-state index is -0.605. The summed E-state index contributed by atoms with van der Waals surface area (Å²) in [4.78, 5) is 11.7. The second-order valence-corrected chi connectivity index (χ2v) is 4.51. The van der Waals surface area contributed by atoms with E-state index in [-0.39, 0.29) is 5.91 Å². The van der Waals surface area contributed by atoms with Gasteiger partial charge in [-0.1, -0.05) is 18.2 Å². The first-order valence-corrected chi connectivity index (χ1v) is 5.89. The summed E-state index contributed by atoms with van der Waals surface area (Å²) in [6.07, 6.45) is 2.31. The molecule has 1 fully saturated rings. The van der Waals surface area contributed by atoms with Gasteiger partial charge in [0.25, 0.3) is 0 Å². The Kier molecular flexibility index (Phi) is 3.30. The van der Waals surface area contributed by atoms with Gasteiger partial charge in [0.05, 0.1) is 17.7 Å². The van der Waals surface area contributed by atoms with Crippen LogP contribution >= 0.6 is 0 Å². The number of carbonyl (C=O) groups excluding carboxylic acids is 1. The van der Waals surface area contributed by atoms with Crippen LogP contribution in [-0.4, -0.2) is 11.4 Å². The molecule has 0 radical (unpaired) electrons. The van der Waals surface area contributed by atoms with Crippen LogP contribution in [0.2, 0.25) is 0 Å². The number of amides is 1. The first kappa shape index (κ1) is 12.1. The third-order valence-electron chi connectivity index (χ3n) is 3.10. The van der Waals surface area contributed by atoms with Gasteiger partial charge in [-0.3, -0.25) is 4.79 Å². The average Bonchev–Trinajstić information content (AvgIpc) is 3.17. The molecule has 1 amide bonds. The maximum atomic E-state index is 11.7. The molecule has 4 nitrogen and oxygen atoms in total. The normalized spacial score (nSPS) is 15.2. The van der Waals surface area contributed by atoms with Crippen molar-refractivity contribution < 1.29 is 4.79 Å². The number of nitrogens with one attached hydrogen (secondary N) is 1. The molecule has 1 aromatic rings. The van der Waals surface area contributed by atoms with Crippen molar-refractivity contribution in [1.29, 1.82) is 10.5 Å². The van der Waals surface area contributed by atoms with E-state index in [4.69, 9.17) is 10.5 Å². The van der Waals surface area contributed by atoms with Crippen LogP contribution in [-0.2, 0) is 11.2 Å². The molecule has 4 heteroatoms. The third kappa shape index (κ3) is 2.67. The maximum Gasteiger partial charge on any atom is 0.221 e. The molecule has 1 aliphatic rings. The van der Waals surface area contributed by atoms with Crippen LogP contribution in [0.15, 0.2) is 24.3 Å². The molecule has 1 aliphatic carbocycles. The predicted molar refractivity (Wildman–Crippen MR) is 65.2 cm³/mol. The lowest BCUT2D eigenvalue weighted by Gasteiger charge is -2.09. The Labute approximate surface area is 106 Å². The highest BCUT2D eigenvalue weighted by Crippen LogP contribution is 2.34. The molecule has 0 aliphatic heterocycles. The smallest absolute Gasteiger partial charge is 0.221 e. The summed E-state index contributed by atoms with van der Waals surface area (Å²) >= 11 is 0. The van der Waals surface area contributed by atoms with Gasteiger partial charge in [-0.2, -0.15) is 10.5 Å². The van der Waals surface area contributed by atoms with Gasteiger partial charge in [0.1, 0.15) is 5.54 Å². The highest BCUT2D eigenvalue weighted by atomic mass is 16.1. The van der Waals surface area contributed by atoms with Crippen LogP contribution in [0, 0.1) is 22.7 Å². The monoisotopic (exact) mass is 239 g/mol. The minimum Gasteiger partial charge on any atom is -0.338 e. The van der Waals surface area contributed by atoms with Gasteiger partial charge in [-0.25, -0.2) is 0 Å². The van der Waals surface area contributed by atoms with Crippen molar-refractivity contribution in [2.24, 2.45) is 0 Å². The van der Waals surface area contributed by atoms with E-state index in [0.717, 1.165) is 18.4 Å². The molecule has 1 saturated carbocycles. The van der Waals surface area contributed by atoms with E-state index in [1.165, 1.54) is 0 Å². The Hall–Kier alpha value is -2.33. The zero-order valence-corrected chi connectivity index (χ0v) is 9.94. The van der Waals surface area contributed by atoms with Gasteiger partial charge < -0.3 is 5.32 Å². The molecule has 0 heterocycles. The van der Waals surface area contributed by atoms with Gasteiger partial charge in [0, 0.05) is 6.42 Å². The Morgan fingerprint density at radius 1 is 1.33 bits per heavy atom. The fourth-order valence-electron chi connectivity index (χ4n) is 1.81. The standard InChI is InChI=1S/C14H13N3O/c15-9-12-4-2-1-3-11(12)5-6-13(18)17-14(10-16)7-8-14/h1-4H,5-8H2,(H,17,18). The molecule has 90 valence electrons. The molecular weight excluding hydrogens is 226 g/mol. The number of hydrogen-bond donors (Lipinski definition) is 1. The second-order valence-electron chi connectivity index (χ2n) is 4.51.